The Balaban J connectivity index is 2.16. The fraction of sp³-hybridized carbons (Fsp3) is 0.150. The van der Waals surface area contributed by atoms with Crippen molar-refractivity contribution in [1.29, 1.82) is 0 Å². The second-order valence-corrected chi connectivity index (χ2v) is 6.30. The predicted molar refractivity (Wildman–Crippen MR) is 96.3 cm³/mol. The first-order valence-corrected chi connectivity index (χ1v) is 9.02. The van der Waals surface area contributed by atoms with Crippen molar-refractivity contribution >= 4 is 17.7 Å². The first kappa shape index (κ1) is 16.4. The van der Waals surface area contributed by atoms with Crippen molar-refractivity contribution in [3.8, 4) is 16.9 Å². The van der Waals surface area contributed by atoms with E-state index in [0.29, 0.717) is 6.42 Å². The van der Waals surface area contributed by atoms with Gasteiger partial charge in [-0.25, -0.2) is 0 Å². The van der Waals surface area contributed by atoms with Crippen LogP contribution < -0.4 is 5.11 Å². The molecule has 4 heteroatoms. The molecule has 0 saturated carbocycles. The van der Waals surface area contributed by atoms with E-state index in [1.54, 1.807) is 11.8 Å². The first-order valence-electron chi connectivity index (χ1n) is 7.80. The van der Waals surface area contributed by atoms with E-state index in [9.17, 15) is 9.90 Å². The van der Waals surface area contributed by atoms with E-state index >= 15 is 0 Å². The fourth-order valence-electron chi connectivity index (χ4n) is 2.84. The number of thioether (sulfide) groups is 1. The number of hydrogen-bond acceptors (Lipinski definition) is 3. The number of hydrogen-bond donors (Lipinski definition) is 0. The standard InChI is InChI=1S/C20H19NO2S/c1-24-19-10-6-5-9-18(19)21-16(12-14-20(22)23)11-13-17(21)15-7-3-2-4-8-15/h2-11,13H,12,14H2,1H3,(H,22,23)/p-1. The number of carboxylic acid groups (broad SMARTS) is 1. The Labute approximate surface area is 146 Å². The molecule has 0 aliphatic heterocycles. The van der Waals surface area contributed by atoms with E-state index in [1.807, 2.05) is 42.7 Å². The van der Waals surface area contributed by atoms with Gasteiger partial charge in [0, 0.05) is 16.6 Å². The van der Waals surface area contributed by atoms with Crippen LogP contribution in [0.5, 0.6) is 0 Å². The Morgan fingerprint density at radius 1 is 1.00 bits per heavy atom. The monoisotopic (exact) mass is 336 g/mol. The van der Waals surface area contributed by atoms with Crippen LogP contribution in [0, 0.1) is 0 Å². The summed E-state index contributed by atoms with van der Waals surface area (Å²) in [4.78, 5) is 12.0. The third-order valence-electron chi connectivity index (χ3n) is 3.94. The summed E-state index contributed by atoms with van der Waals surface area (Å²) in [5.41, 5.74) is 4.21. The van der Waals surface area contributed by atoms with Gasteiger partial charge in [-0.1, -0.05) is 42.5 Å². The number of carboxylic acids is 1. The lowest BCUT2D eigenvalue weighted by atomic mass is 10.1. The molecule has 0 unspecified atom stereocenters. The Hall–Kier alpha value is -2.46. The minimum atomic E-state index is -1.03. The maximum Gasteiger partial charge on any atom is 0.0594 e. The lowest BCUT2D eigenvalue weighted by Gasteiger charge is -2.17. The van der Waals surface area contributed by atoms with E-state index in [0.717, 1.165) is 27.5 Å². The molecule has 24 heavy (non-hydrogen) atoms. The molecule has 0 radical (unpaired) electrons. The highest BCUT2D eigenvalue weighted by atomic mass is 32.2. The third-order valence-corrected chi connectivity index (χ3v) is 4.73. The molecule has 0 N–H and O–H groups in total. The molecule has 1 heterocycles. The summed E-state index contributed by atoms with van der Waals surface area (Å²) in [7, 11) is 0. The van der Waals surface area contributed by atoms with Gasteiger partial charge in [0.15, 0.2) is 0 Å². The second kappa shape index (κ2) is 7.41. The minimum absolute atomic E-state index is 0.0136. The number of aliphatic carboxylic acids is 1. The first-order chi connectivity index (χ1) is 11.7. The number of rotatable bonds is 6. The minimum Gasteiger partial charge on any atom is -0.550 e. The van der Waals surface area contributed by atoms with E-state index in [4.69, 9.17) is 0 Å². The van der Waals surface area contributed by atoms with Crippen LogP contribution in [0.15, 0.2) is 71.6 Å². The van der Waals surface area contributed by atoms with Crippen LogP contribution >= 0.6 is 11.8 Å². The normalized spacial score (nSPS) is 10.7. The summed E-state index contributed by atoms with van der Waals surface area (Å²) in [6.07, 6.45) is 2.50. The van der Waals surface area contributed by atoms with Crippen molar-refractivity contribution in [2.24, 2.45) is 0 Å². The molecule has 2 aromatic carbocycles. The molecule has 1 aromatic heterocycles. The van der Waals surface area contributed by atoms with E-state index in [2.05, 4.69) is 34.9 Å². The van der Waals surface area contributed by atoms with E-state index in [-0.39, 0.29) is 6.42 Å². The van der Waals surface area contributed by atoms with Crippen LogP contribution in [0.2, 0.25) is 0 Å². The number of carbonyl (C=O) groups is 1. The zero-order chi connectivity index (χ0) is 16.9. The van der Waals surface area contributed by atoms with Gasteiger partial charge < -0.3 is 14.5 Å². The quantitative estimate of drug-likeness (QED) is 0.647. The van der Waals surface area contributed by atoms with Crippen molar-refractivity contribution in [1.82, 2.24) is 4.57 Å². The van der Waals surface area contributed by atoms with Crippen molar-refractivity contribution < 1.29 is 9.90 Å². The Morgan fingerprint density at radius 3 is 2.42 bits per heavy atom. The number of carbonyl (C=O) groups excluding carboxylic acids is 1. The highest BCUT2D eigenvalue weighted by Crippen LogP contribution is 2.32. The molecule has 0 spiro atoms. The maximum atomic E-state index is 10.9. The van der Waals surface area contributed by atoms with Crippen molar-refractivity contribution in [3.63, 3.8) is 0 Å². The average molecular weight is 336 g/mol. The van der Waals surface area contributed by atoms with Gasteiger partial charge in [0.2, 0.25) is 0 Å². The van der Waals surface area contributed by atoms with Gasteiger partial charge in [-0.3, -0.25) is 0 Å². The molecule has 0 amide bonds. The van der Waals surface area contributed by atoms with Gasteiger partial charge in [-0.05, 0) is 48.9 Å². The highest BCUT2D eigenvalue weighted by Gasteiger charge is 2.14. The van der Waals surface area contributed by atoms with Gasteiger partial charge in [0.25, 0.3) is 0 Å². The topological polar surface area (TPSA) is 45.1 Å². The van der Waals surface area contributed by atoms with Gasteiger partial charge >= 0.3 is 0 Å². The smallest absolute Gasteiger partial charge is 0.0594 e. The number of aromatic nitrogens is 1. The van der Waals surface area contributed by atoms with Gasteiger partial charge in [-0.15, -0.1) is 11.8 Å². The summed E-state index contributed by atoms with van der Waals surface area (Å²) in [6.45, 7) is 0. The molecule has 3 nitrogen and oxygen atoms in total. The van der Waals surface area contributed by atoms with E-state index in [1.165, 1.54) is 0 Å². The molecule has 0 aliphatic carbocycles. The molecule has 3 rings (SSSR count). The Bertz CT molecular complexity index is 840. The number of aryl methyl sites for hydroxylation is 1. The van der Waals surface area contributed by atoms with Crippen LogP contribution in [0.1, 0.15) is 12.1 Å². The maximum absolute atomic E-state index is 10.9. The number of para-hydroxylation sites is 1. The number of benzene rings is 2. The number of nitrogens with zero attached hydrogens (tertiary/aromatic N) is 1. The summed E-state index contributed by atoms with van der Waals surface area (Å²) in [5.74, 6) is -1.03. The van der Waals surface area contributed by atoms with Crippen LogP contribution in [0.3, 0.4) is 0 Å². The van der Waals surface area contributed by atoms with Crippen LogP contribution in [-0.2, 0) is 11.2 Å². The molecule has 3 aromatic rings. The molecule has 0 saturated heterocycles. The lowest BCUT2D eigenvalue weighted by molar-refractivity contribution is -0.305. The van der Waals surface area contributed by atoms with Crippen molar-refractivity contribution in [2.45, 2.75) is 17.7 Å². The zero-order valence-electron chi connectivity index (χ0n) is 13.4. The van der Waals surface area contributed by atoms with Crippen molar-refractivity contribution in [3.05, 3.63) is 72.4 Å². The molecule has 0 bridgehead atoms. The summed E-state index contributed by atoms with van der Waals surface area (Å²) < 4.78 is 2.16. The SMILES string of the molecule is CSc1ccccc1-n1c(CCC(=O)[O-])ccc1-c1ccccc1. The summed E-state index contributed by atoms with van der Waals surface area (Å²) >= 11 is 1.68. The highest BCUT2D eigenvalue weighted by molar-refractivity contribution is 7.98. The molecule has 122 valence electrons. The van der Waals surface area contributed by atoms with Gasteiger partial charge in [0.05, 0.1) is 11.4 Å². The molecule has 0 atom stereocenters. The zero-order valence-corrected chi connectivity index (χ0v) is 14.3. The average Bonchev–Trinajstić information content (AvgIpc) is 3.04. The third kappa shape index (κ3) is 3.39. The largest absolute Gasteiger partial charge is 0.550 e. The second-order valence-electron chi connectivity index (χ2n) is 5.46. The van der Waals surface area contributed by atoms with Gasteiger partial charge in [0.1, 0.15) is 0 Å². The molecule has 0 aliphatic rings. The van der Waals surface area contributed by atoms with E-state index < -0.39 is 5.97 Å². The summed E-state index contributed by atoms with van der Waals surface area (Å²) in [6, 6.07) is 22.4. The molecular weight excluding hydrogens is 318 g/mol. The Kier molecular flexibility index (Phi) is 5.06. The van der Waals surface area contributed by atoms with Gasteiger partial charge in [-0.2, -0.15) is 0 Å². The van der Waals surface area contributed by atoms with Crippen LogP contribution in [0.25, 0.3) is 16.9 Å². The molecule has 0 fully saturated rings. The van der Waals surface area contributed by atoms with Crippen LogP contribution in [0.4, 0.5) is 0 Å². The lowest BCUT2D eigenvalue weighted by Crippen LogP contribution is -2.22. The predicted octanol–water partition coefficient (Wildman–Crippen LogP) is 3.55. The summed E-state index contributed by atoms with van der Waals surface area (Å²) in [5, 5.41) is 10.9. The van der Waals surface area contributed by atoms with Crippen molar-refractivity contribution in [2.75, 3.05) is 6.26 Å². The van der Waals surface area contributed by atoms with Crippen LogP contribution in [-0.4, -0.2) is 16.8 Å². The molecular formula is C20H18NO2S-. The fourth-order valence-corrected chi connectivity index (χ4v) is 3.42. The Morgan fingerprint density at radius 2 is 1.71 bits per heavy atom.